The van der Waals surface area contributed by atoms with E-state index in [0.717, 1.165) is 12.8 Å². The molecule has 1 amide bonds. The molecule has 0 heterocycles. The molecule has 0 aromatic rings. The van der Waals surface area contributed by atoms with Crippen LogP contribution in [0.2, 0.25) is 0 Å². The molecule has 0 atom stereocenters. The summed E-state index contributed by atoms with van der Waals surface area (Å²) in [4.78, 5) is 11.5. The van der Waals surface area contributed by atoms with E-state index in [0.29, 0.717) is 12.6 Å². The van der Waals surface area contributed by atoms with Gasteiger partial charge in [-0.05, 0) is 12.8 Å². The Morgan fingerprint density at radius 2 is 1.94 bits per heavy atom. The van der Waals surface area contributed by atoms with Crippen LogP contribution in [0.5, 0.6) is 0 Å². The lowest BCUT2D eigenvalue weighted by molar-refractivity contribution is -0.120. The molecule has 100 valence electrons. The summed E-state index contributed by atoms with van der Waals surface area (Å²) in [6, 6.07) is 0.323. The fraction of sp³-hybridized carbons (Fsp3) is 0.909. The number of hydrogen-bond acceptors (Lipinski definition) is 4. The third-order valence-electron chi connectivity index (χ3n) is 3.04. The van der Waals surface area contributed by atoms with Gasteiger partial charge in [0.2, 0.25) is 5.91 Å². The SMILES string of the molecule is CCS(=O)(=O)CCNCC(=O)NC1CCCC1. The van der Waals surface area contributed by atoms with Crippen molar-refractivity contribution in [1.29, 1.82) is 0 Å². The third-order valence-corrected chi connectivity index (χ3v) is 4.74. The lowest BCUT2D eigenvalue weighted by Gasteiger charge is -2.12. The van der Waals surface area contributed by atoms with Gasteiger partial charge >= 0.3 is 0 Å². The number of sulfone groups is 1. The number of carbonyl (C=O) groups is 1. The van der Waals surface area contributed by atoms with Crippen LogP contribution in [0, 0.1) is 0 Å². The number of carbonyl (C=O) groups excluding carboxylic acids is 1. The van der Waals surface area contributed by atoms with Crippen molar-refractivity contribution in [3.05, 3.63) is 0 Å². The molecule has 5 nitrogen and oxygen atoms in total. The predicted molar refractivity (Wildman–Crippen MR) is 67.6 cm³/mol. The van der Waals surface area contributed by atoms with Gasteiger partial charge in [-0.3, -0.25) is 4.79 Å². The Labute approximate surface area is 103 Å². The van der Waals surface area contributed by atoms with Crippen molar-refractivity contribution >= 4 is 15.7 Å². The number of hydrogen-bond donors (Lipinski definition) is 2. The molecule has 0 bridgehead atoms. The minimum absolute atomic E-state index is 0.0363. The highest BCUT2D eigenvalue weighted by Gasteiger charge is 2.16. The average molecular weight is 262 g/mol. The molecule has 0 aromatic carbocycles. The van der Waals surface area contributed by atoms with Gasteiger partial charge in [-0.1, -0.05) is 19.8 Å². The average Bonchev–Trinajstić information content (AvgIpc) is 2.77. The summed E-state index contributed by atoms with van der Waals surface area (Å²) in [6.45, 7) is 2.17. The molecule has 6 heteroatoms. The van der Waals surface area contributed by atoms with Gasteiger partial charge in [0.1, 0.15) is 0 Å². The zero-order valence-corrected chi connectivity index (χ0v) is 11.2. The zero-order valence-electron chi connectivity index (χ0n) is 10.4. The van der Waals surface area contributed by atoms with Gasteiger partial charge in [-0.15, -0.1) is 0 Å². The third kappa shape index (κ3) is 6.02. The van der Waals surface area contributed by atoms with Gasteiger partial charge in [-0.2, -0.15) is 0 Å². The van der Waals surface area contributed by atoms with E-state index in [4.69, 9.17) is 0 Å². The number of rotatable bonds is 7. The standard InChI is InChI=1S/C11H22N2O3S/c1-2-17(15,16)8-7-12-9-11(14)13-10-5-3-4-6-10/h10,12H,2-9H2,1H3,(H,13,14). The van der Waals surface area contributed by atoms with Crippen LogP contribution in [0.4, 0.5) is 0 Å². The molecule has 1 saturated carbocycles. The van der Waals surface area contributed by atoms with E-state index in [-0.39, 0.29) is 24.0 Å². The molecule has 1 aliphatic carbocycles. The molecule has 0 aliphatic heterocycles. The number of amides is 1. The largest absolute Gasteiger partial charge is 0.352 e. The maximum absolute atomic E-state index is 11.5. The maximum atomic E-state index is 11.5. The Morgan fingerprint density at radius 3 is 2.53 bits per heavy atom. The monoisotopic (exact) mass is 262 g/mol. The van der Waals surface area contributed by atoms with E-state index in [1.54, 1.807) is 6.92 Å². The van der Waals surface area contributed by atoms with Crippen LogP contribution in [-0.4, -0.2) is 45.0 Å². The molecule has 0 unspecified atom stereocenters. The topological polar surface area (TPSA) is 75.3 Å². The van der Waals surface area contributed by atoms with Crippen molar-refractivity contribution in [3.63, 3.8) is 0 Å². The molecule has 0 aromatic heterocycles. The van der Waals surface area contributed by atoms with Gasteiger partial charge in [0, 0.05) is 18.3 Å². The van der Waals surface area contributed by atoms with Crippen molar-refractivity contribution in [2.45, 2.75) is 38.6 Å². The lowest BCUT2D eigenvalue weighted by Crippen LogP contribution is -2.40. The summed E-state index contributed by atoms with van der Waals surface area (Å²) >= 11 is 0. The Bertz CT molecular complexity index is 335. The van der Waals surface area contributed by atoms with Crippen LogP contribution in [0.1, 0.15) is 32.6 Å². The van der Waals surface area contributed by atoms with Crippen molar-refractivity contribution < 1.29 is 13.2 Å². The van der Waals surface area contributed by atoms with Crippen LogP contribution >= 0.6 is 0 Å². The fourth-order valence-corrected chi connectivity index (χ4v) is 2.67. The van der Waals surface area contributed by atoms with Crippen LogP contribution in [-0.2, 0) is 14.6 Å². The molecular formula is C11H22N2O3S. The lowest BCUT2D eigenvalue weighted by atomic mass is 10.2. The zero-order chi connectivity index (χ0) is 12.7. The van der Waals surface area contributed by atoms with Crippen molar-refractivity contribution in [2.75, 3.05) is 24.6 Å². The van der Waals surface area contributed by atoms with Gasteiger partial charge in [0.25, 0.3) is 0 Å². The van der Waals surface area contributed by atoms with Crippen molar-refractivity contribution in [2.24, 2.45) is 0 Å². The summed E-state index contributed by atoms with van der Waals surface area (Å²) in [5.74, 6) is 0.217. The first-order chi connectivity index (χ1) is 8.03. The molecule has 1 rings (SSSR count). The summed E-state index contributed by atoms with van der Waals surface area (Å²) in [5.41, 5.74) is 0. The van der Waals surface area contributed by atoms with Crippen LogP contribution in [0.3, 0.4) is 0 Å². The molecule has 1 fully saturated rings. The highest BCUT2D eigenvalue weighted by molar-refractivity contribution is 7.91. The summed E-state index contributed by atoms with van der Waals surface area (Å²) in [5, 5.41) is 5.80. The normalized spacial score (nSPS) is 17.2. The Morgan fingerprint density at radius 1 is 1.29 bits per heavy atom. The summed E-state index contributed by atoms with van der Waals surface area (Å²) in [6.07, 6.45) is 4.51. The first kappa shape index (κ1) is 14.4. The molecule has 17 heavy (non-hydrogen) atoms. The molecule has 2 N–H and O–H groups in total. The molecule has 0 radical (unpaired) electrons. The minimum Gasteiger partial charge on any atom is -0.352 e. The van der Waals surface area contributed by atoms with Crippen molar-refractivity contribution in [1.82, 2.24) is 10.6 Å². The summed E-state index contributed by atoms with van der Waals surface area (Å²) in [7, 11) is -2.93. The predicted octanol–water partition coefficient (Wildman–Crippen LogP) is 0.0695. The highest BCUT2D eigenvalue weighted by Crippen LogP contribution is 2.17. The molecule has 1 aliphatic rings. The van der Waals surface area contributed by atoms with Gasteiger partial charge < -0.3 is 10.6 Å². The van der Waals surface area contributed by atoms with E-state index in [1.807, 2.05) is 0 Å². The van der Waals surface area contributed by atoms with Gasteiger partial charge in [-0.25, -0.2) is 8.42 Å². The molecule has 0 saturated heterocycles. The molecule has 0 spiro atoms. The first-order valence-electron chi connectivity index (χ1n) is 6.24. The first-order valence-corrected chi connectivity index (χ1v) is 8.06. The minimum atomic E-state index is -2.93. The van der Waals surface area contributed by atoms with E-state index in [2.05, 4.69) is 10.6 Å². The van der Waals surface area contributed by atoms with Crippen molar-refractivity contribution in [3.8, 4) is 0 Å². The second-order valence-electron chi connectivity index (χ2n) is 4.46. The second kappa shape index (κ2) is 6.96. The van der Waals surface area contributed by atoms with E-state index >= 15 is 0 Å². The molecular weight excluding hydrogens is 240 g/mol. The Kier molecular flexibility index (Phi) is 5.91. The number of nitrogens with one attached hydrogen (secondary N) is 2. The van der Waals surface area contributed by atoms with E-state index in [1.165, 1.54) is 12.8 Å². The van der Waals surface area contributed by atoms with Gasteiger partial charge in [0.05, 0.1) is 12.3 Å². The Balaban J connectivity index is 2.08. The van der Waals surface area contributed by atoms with Crippen LogP contribution in [0.25, 0.3) is 0 Å². The second-order valence-corrected chi connectivity index (χ2v) is 6.93. The Hall–Kier alpha value is -0.620. The van der Waals surface area contributed by atoms with Crippen LogP contribution in [0.15, 0.2) is 0 Å². The van der Waals surface area contributed by atoms with E-state index in [9.17, 15) is 13.2 Å². The fourth-order valence-electron chi connectivity index (χ4n) is 1.92. The van der Waals surface area contributed by atoms with Gasteiger partial charge in [0.15, 0.2) is 9.84 Å². The summed E-state index contributed by atoms with van der Waals surface area (Å²) < 4.78 is 22.4. The maximum Gasteiger partial charge on any atom is 0.234 e. The smallest absolute Gasteiger partial charge is 0.234 e. The highest BCUT2D eigenvalue weighted by atomic mass is 32.2. The quantitative estimate of drug-likeness (QED) is 0.637. The van der Waals surface area contributed by atoms with E-state index < -0.39 is 9.84 Å². The van der Waals surface area contributed by atoms with Crippen LogP contribution < -0.4 is 10.6 Å².